The number of nitrogens with zero attached hydrogens (tertiary/aromatic N) is 5. The second-order valence-corrected chi connectivity index (χ2v) is 8.64. The number of aromatic nitrogens is 1. The molecule has 1 aliphatic carbocycles. The number of pyridine rings is 1. The van der Waals surface area contributed by atoms with Crippen molar-refractivity contribution in [2.45, 2.75) is 46.1 Å². The average molecular weight is 512 g/mol. The highest BCUT2D eigenvalue weighted by atomic mass is 127. The lowest BCUT2D eigenvalue weighted by Gasteiger charge is -2.38. The summed E-state index contributed by atoms with van der Waals surface area (Å²) in [5, 5.41) is 3.50. The highest BCUT2D eigenvalue weighted by Gasteiger charge is 2.43. The number of rotatable bonds is 5. The van der Waals surface area contributed by atoms with Gasteiger partial charge in [0.1, 0.15) is 5.82 Å². The van der Waals surface area contributed by atoms with Crippen LogP contribution >= 0.6 is 24.0 Å². The average Bonchev–Trinajstić information content (AvgIpc) is 3.18. The van der Waals surface area contributed by atoms with Crippen molar-refractivity contribution in [3.05, 3.63) is 23.9 Å². The maximum atomic E-state index is 4.92. The number of hydrogen-bond acceptors (Lipinski definition) is 4. The molecule has 2 aliphatic heterocycles. The standard InChI is InChI=1S/C22H36N6.HI/c1-3-23-21(28-11-10-22(18-28)8-5-9-22)25-17-19-6-7-20(24-16-19)27-14-12-26(4-2)13-15-27;/h6-7,16H,3-5,8-15,17-18H2,1-2H3,(H,23,25);1H. The molecule has 3 aliphatic rings. The molecular formula is C22H37IN6. The Labute approximate surface area is 193 Å². The lowest BCUT2D eigenvalue weighted by Crippen LogP contribution is -2.46. The normalized spacial score (nSPS) is 21.8. The van der Waals surface area contributed by atoms with E-state index in [-0.39, 0.29) is 24.0 Å². The van der Waals surface area contributed by atoms with Crippen molar-refractivity contribution in [3.63, 3.8) is 0 Å². The molecule has 0 radical (unpaired) electrons. The van der Waals surface area contributed by atoms with Gasteiger partial charge in [-0.25, -0.2) is 9.98 Å². The molecule has 7 heteroatoms. The number of nitrogens with one attached hydrogen (secondary N) is 1. The molecule has 0 unspecified atom stereocenters. The van der Waals surface area contributed by atoms with E-state index in [9.17, 15) is 0 Å². The number of likely N-dealkylation sites (N-methyl/N-ethyl adjacent to an activating group) is 1. The Morgan fingerprint density at radius 3 is 2.45 bits per heavy atom. The van der Waals surface area contributed by atoms with Gasteiger partial charge in [0.05, 0.1) is 6.54 Å². The molecule has 1 aromatic heterocycles. The van der Waals surface area contributed by atoms with Gasteiger partial charge in [-0.2, -0.15) is 0 Å². The molecule has 0 amide bonds. The molecule has 3 fully saturated rings. The molecule has 0 atom stereocenters. The first-order valence-electron chi connectivity index (χ1n) is 11.2. The van der Waals surface area contributed by atoms with Gasteiger partial charge in [0, 0.05) is 52.0 Å². The monoisotopic (exact) mass is 512 g/mol. The zero-order valence-electron chi connectivity index (χ0n) is 18.1. The maximum absolute atomic E-state index is 4.92. The van der Waals surface area contributed by atoms with Crippen molar-refractivity contribution in [3.8, 4) is 0 Å². The van der Waals surface area contributed by atoms with E-state index >= 15 is 0 Å². The lowest BCUT2D eigenvalue weighted by molar-refractivity contribution is 0.151. The van der Waals surface area contributed by atoms with E-state index in [2.05, 4.69) is 46.0 Å². The largest absolute Gasteiger partial charge is 0.357 e. The van der Waals surface area contributed by atoms with E-state index in [1.807, 2.05) is 6.20 Å². The number of anilines is 1. The minimum atomic E-state index is 0. The maximum Gasteiger partial charge on any atom is 0.194 e. The fourth-order valence-corrected chi connectivity index (χ4v) is 4.78. The van der Waals surface area contributed by atoms with Crippen LogP contribution in [0.2, 0.25) is 0 Å². The van der Waals surface area contributed by atoms with E-state index in [4.69, 9.17) is 9.98 Å². The van der Waals surface area contributed by atoms with Crippen LogP contribution in [0, 0.1) is 5.41 Å². The predicted octanol–water partition coefficient (Wildman–Crippen LogP) is 3.18. The van der Waals surface area contributed by atoms with Crippen LogP contribution in [-0.2, 0) is 6.54 Å². The second kappa shape index (κ2) is 10.3. The summed E-state index contributed by atoms with van der Waals surface area (Å²) in [4.78, 5) is 17.0. The van der Waals surface area contributed by atoms with Crippen LogP contribution in [0.5, 0.6) is 0 Å². The van der Waals surface area contributed by atoms with Crippen molar-refractivity contribution in [1.29, 1.82) is 0 Å². The highest BCUT2D eigenvalue weighted by Crippen LogP contribution is 2.47. The summed E-state index contributed by atoms with van der Waals surface area (Å²) < 4.78 is 0. The van der Waals surface area contributed by atoms with Crippen LogP contribution in [0.4, 0.5) is 5.82 Å². The smallest absolute Gasteiger partial charge is 0.194 e. The van der Waals surface area contributed by atoms with E-state index in [0.717, 1.165) is 57.6 Å². The minimum Gasteiger partial charge on any atom is -0.357 e. The number of aliphatic imine (C=N–C) groups is 1. The van der Waals surface area contributed by atoms with E-state index < -0.39 is 0 Å². The van der Waals surface area contributed by atoms with Crippen LogP contribution in [0.25, 0.3) is 0 Å². The third kappa shape index (κ3) is 5.34. The number of piperazine rings is 1. The zero-order valence-corrected chi connectivity index (χ0v) is 20.4. The minimum absolute atomic E-state index is 0. The Morgan fingerprint density at radius 1 is 1.10 bits per heavy atom. The van der Waals surface area contributed by atoms with Gasteiger partial charge in [-0.3, -0.25) is 0 Å². The quantitative estimate of drug-likeness (QED) is 0.373. The zero-order chi connectivity index (χ0) is 19.4. The molecule has 1 N–H and O–H groups in total. The predicted molar refractivity (Wildman–Crippen MR) is 131 cm³/mol. The van der Waals surface area contributed by atoms with E-state index in [1.54, 1.807) is 0 Å². The third-order valence-corrected chi connectivity index (χ3v) is 6.85. The lowest BCUT2D eigenvalue weighted by atomic mass is 9.68. The Kier molecular flexibility index (Phi) is 8.01. The van der Waals surface area contributed by atoms with Gasteiger partial charge in [-0.1, -0.05) is 19.4 Å². The fourth-order valence-electron chi connectivity index (χ4n) is 4.78. The third-order valence-electron chi connectivity index (χ3n) is 6.85. The Bertz CT molecular complexity index is 664. The van der Waals surface area contributed by atoms with Crippen molar-refractivity contribution in [2.75, 3.05) is 57.3 Å². The molecule has 1 spiro atoms. The first-order chi connectivity index (χ1) is 13.7. The summed E-state index contributed by atoms with van der Waals surface area (Å²) in [5.74, 6) is 2.17. The van der Waals surface area contributed by atoms with E-state index in [0.29, 0.717) is 12.0 Å². The Hall–Kier alpha value is -1.09. The molecule has 162 valence electrons. The molecule has 6 nitrogen and oxygen atoms in total. The van der Waals surface area contributed by atoms with Crippen LogP contribution in [-0.4, -0.2) is 73.1 Å². The Morgan fingerprint density at radius 2 is 1.90 bits per heavy atom. The van der Waals surface area contributed by atoms with Crippen molar-refractivity contribution >= 4 is 35.8 Å². The number of halogens is 1. The van der Waals surface area contributed by atoms with Gasteiger partial charge in [0.25, 0.3) is 0 Å². The number of likely N-dealkylation sites (tertiary alicyclic amines) is 1. The fraction of sp³-hybridized carbons (Fsp3) is 0.727. The summed E-state index contributed by atoms with van der Waals surface area (Å²) in [6.45, 7) is 13.9. The molecule has 1 saturated carbocycles. The van der Waals surface area contributed by atoms with Gasteiger partial charge in [0.15, 0.2) is 5.96 Å². The molecule has 0 aromatic carbocycles. The van der Waals surface area contributed by atoms with Crippen LogP contribution in [0.1, 0.15) is 45.1 Å². The number of hydrogen-bond donors (Lipinski definition) is 1. The molecule has 29 heavy (non-hydrogen) atoms. The molecule has 1 aromatic rings. The summed E-state index contributed by atoms with van der Waals surface area (Å²) in [6.07, 6.45) is 7.56. The van der Waals surface area contributed by atoms with Crippen molar-refractivity contribution in [1.82, 2.24) is 20.1 Å². The summed E-state index contributed by atoms with van der Waals surface area (Å²) in [6, 6.07) is 4.36. The van der Waals surface area contributed by atoms with Gasteiger partial charge in [0.2, 0.25) is 0 Å². The first-order valence-corrected chi connectivity index (χ1v) is 11.2. The topological polar surface area (TPSA) is 47.0 Å². The molecule has 2 saturated heterocycles. The molecule has 4 rings (SSSR count). The van der Waals surface area contributed by atoms with Gasteiger partial charge < -0.3 is 20.0 Å². The Balaban J connectivity index is 0.00000240. The summed E-state index contributed by atoms with van der Waals surface area (Å²) in [7, 11) is 0. The summed E-state index contributed by atoms with van der Waals surface area (Å²) in [5.41, 5.74) is 1.78. The van der Waals surface area contributed by atoms with Crippen molar-refractivity contribution in [2.24, 2.45) is 10.4 Å². The van der Waals surface area contributed by atoms with Crippen molar-refractivity contribution < 1.29 is 0 Å². The first kappa shape index (κ1) is 22.6. The SMILES string of the molecule is CCNC(=NCc1ccc(N2CCN(CC)CC2)nc1)N1CCC2(CCC2)C1.I. The van der Waals surface area contributed by atoms with Crippen LogP contribution in [0.15, 0.2) is 23.3 Å². The van der Waals surface area contributed by atoms with Crippen LogP contribution < -0.4 is 10.2 Å². The van der Waals surface area contributed by atoms with Gasteiger partial charge in [-0.15, -0.1) is 24.0 Å². The van der Waals surface area contributed by atoms with Crippen LogP contribution in [0.3, 0.4) is 0 Å². The van der Waals surface area contributed by atoms with E-state index in [1.165, 1.54) is 37.8 Å². The van der Waals surface area contributed by atoms with Gasteiger partial charge >= 0.3 is 0 Å². The number of guanidine groups is 1. The van der Waals surface area contributed by atoms with Gasteiger partial charge in [-0.05, 0) is 49.8 Å². The molecule has 0 bridgehead atoms. The highest BCUT2D eigenvalue weighted by molar-refractivity contribution is 14.0. The second-order valence-electron chi connectivity index (χ2n) is 8.64. The molecular weight excluding hydrogens is 475 g/mol. The summed E-state index contributed by atoms with van der Waals surface area (Å²) >= 11 is 0. The molecule has 3 heterocycles.